The third-order valence-corrected chi connectivity index (χ3v) is 5.96. The number of benzene rings is 2. The van der Waals surface area contributed by atoms with Crippen molar-refractivity contribution in [3.8, 4) is 17.0 Å². The summed E-state index contributed by atoms with van der Waals surface area (Å²) >= 11 is 3.43. The van der Waals surface area contributed by atoms with Crippen LogP contribution < -0.4 is 4.74 Å². The number of hydrogen-bond acceptors (Lipinski definition) is 6. The first-order valence-corrected chi connectivity index (χ1v) is 11.0. The fraction of sp³-hybridized carbons (Fsp3) is 0.217. The van der Waals surface area contributed by atoms with Gasteiger partial charge in [-0.2, -0.15) is 0 Å². The number of aromatic nitrogens is 4. The van der Waals surface area contributed by atoms with E-state index >= 15 is 0 Å². The van der Waals surface area contributed by atoms with E-state index in [2.05, 4.69) is 31.4 Å². The SMILES string of the molecule is COc1ccc(Cn2cc(CN3CCc4onc(-c5ccc(Br)cc5)c4C3=O)nn2)cc1. The van der Waals surface area contributed by atoms with Gasteiger partial charge in [-0.15, -0.1) is 5.10 Å². The van der Waals surface area contributed by atoms with Crippen molar-refractivity contribution in [1.82, 2.24) is 25.1 Å². The van der Waals surface area contributed by atoms with Gasteiger partial charge < -0.3 is 14.2 Å². The molecular weight excluding hydrogens is 474 g/mol. The normalized spacial score (nSPS) is 13.3. The zero-order valence-electron chi connectivity index (χ0n) is 17.4. The molecule has 2 aromatic heterocycles. The summed E-state index contributed by atoms with van der Waals surface area (Å²) in [6, 6.07) is 15.5. The summed E-state index contributed by atoms with van der Waals surface area (Å²) < 4.78 is 13.4. The molecule has 5 rings (SSSR count). The predicted molar refractivity (Wildman–Crippen MR) is 120 cm³/mol. The minimum atomic E-state index is -0.102. The monoisotopic (exact) mass is 493 g/mol. The molecule has 0 aliphatic carbocycles. The van der Waals surface area contributed by atoms with E-state index in [0.29, 0.717) is 43.1 Å². The van der Waals surface area contributed by atoms with Gasteiger partial charge in [0.1, 0.15) is 22.7 Å². The first-order valence-electron chi connectivity index (χ1n) is 10.2. The Kier molecular flexibility index (Phi) is 5.48. The van der Waals surface area contributed by atoms with E-state index in [4.69, 9.17) is 9.26 Å². The molecule has 0 saturated carbocycles. The van der Waals surface area contributed by atoms with E-state index < -0.39 is 0 Å². The summed E-state index contributed by atoms with van der Waals surface area (Å²) in [7, 11) is 1.64. The van der Waals surface area contributed by atoms with Crippen LogP contribution in [0.2, 0.25) is 0 Å². The minimum absolute atomic E-state index is 0.102. The van der Waals surface area contributed by atoms with Gasteiger partial charge in [-0.3, -0.25) is 4.79 Å². The highest BCUT2D eigenvalue weighted by Crippen LogP contribution is 2.31. The second-order valence-corrected chi connectivity index (χ2v) is 8.48. The molecule has 0 saturated heterocycles. The van der Waals surface area contributed by atoms with Crippen molar-refractivity contribution in [2.45, 2.75) is 19.5 Å². The summed E-state index contributed by atoms with van der Waals surface area (Å²) in [4.78, 5) is 15.0. The Balaban J connectivity index is 1.31. The third kappa shape index (κ3) is 4.03. The molecule has 162 valence electrons. The fourth-order valence-corrected chi connectivity index (χ4v) is 4.03. The lowest BCUT2D eigenvalue weighted by atomic mass is 10.0. The Hall–Kier alpha value is -3.46. The van der Waals surface area contributed by atoms with Crippen LogP contribution in [-0.4, -0.2) is 44.6 Å². The molecule has 1 aliphatic rings. The van der Waals surface area contributed by atoms with Gasteiger partial charge in [-0.05, 0) is 29.8 Å². The van der Waals surface area contributed by atoms with Gasteiger partial charge in [-0.1, -0.05) is 50.6 Å². The van der Waals surface area contributed by atoms with Gasteiger partial charge in [0.2, 0.25) is 0 Å². The maximum absolute atomic E-state index is 13.3. The molecule has 32 heavy (non-hydrogen) atoms. The summed E-state index contributed by atoms with van der Waals surface area (Å²) in [6.07, 6.45) is 2.49. The molecule has 0 N–H and O–H groups in total. The largest absolute Gasteiger partial charge is 0.497 e. The van der Waals surface area contributed by atoms with Gasteiger partial charge in [-0.25, -0.2) is 4.68 Å². The Morgan fingerprint density at radius 1 is 1.09 bits per heavy atom. The lowest BCUT2D eigenvalue weighted by Gasteiger charge is -2.25. The zero-order valence-corrected chi connectivity index (χ0v) is 18.9. The summed E-state index contributed by atoms with van der Waals surface area (Å²) in [5, 5.41) is 12.6. The quantitative estimate of drug-likeness (QED) is 0.404. The van der Waals surface area contributed by atoms with Crippen molar-refractivity contribution < 1.29 is 14.1 Å². The molecule has 9 heteroatoms. The molecule has 1 aliphatic heterocycles. The van der Waals surface area contributed by atoms with Crippen molar-refractivity contribution in [3.05, 3.63) is 81.8 Å². The van der Waals surface area contributed by atoms with Gasteiger partial charge >= 0.3 is 0 Å². The Morgan fingerprint density at radius 2 is 1.88 bits per heavy atom. The summed E-state index contributed by atoms with van der Waals surface area (Å²) in [5.74, 6) is 1.34. The van der Waals surface area contributed by atoms with Gasteiger partial charge in [0.15, 0.2) is 5.76 Å². The van der Waals surface area contributed by atoms with Gasteiger partial charge in [0.05, 0.1) is 26.4 Å². The number of carbonyl (C=O) groups excluding carboxylic acids is 1. The number of hydrogen-bond donors (Lipinski definition) is 0. The first kappa shape index (κ1) is 20.4. The Morgan fingerprint density at radius 3 is 2.62 bits per heavy atom. The molecule has 8 nitrogen and oxygen atoms in total. The number of fused-ring (bicyclic) bond motifs is 1. The van der Waals surface area contributed by atoms with Crippen molar-refractivity contribution in [2.75, 3.05) is 13.7 Å². The van der Waals surface area contributed by atoms with E-state index in [0.717, 1.165) is 27.0 Å². The van der Waals surface area contributed by atoms with Crippen LogP contribution in [-0.2, 0) is 19.5 Å². The highest BCUT2D eigenvalue weighted by atomic mass is 79.9. The minimum Gasteiger partial charge on any atom is -0.497 e. The molecular formula is C23H20BrN5O3. The van der Waals surface area contributed by atoms with Crippen molar-refractivity contribution in [3.63, 3.8) is 0 Å². The predicted octanol–water partition coefficient (Wildman–Crippen LogP) is 3.95. The van der Waals surface area contributed by atoms with Crippen LogP contribution in [0.25, 0.3) is 11.3 Å². The number of amides is 1. The zero-order chi connectivity index (χ0) is 22.1. The molecule has 0 fully saturated rings. The van der Waals surface area contributed by atoms with E-state index in [1.807, 2.05) is 54.7 Å². The van der Waals surface area contributed by atoms with Gasteiger partial charge in [0, 0.05) is 23.0 Å². The van der Waals surface area contributed by atoms with E-state index in [1.165, 1.54) is 0 Å². The molecule has 0 spiro atoms. The fourth-order valence-electron chi connectivity index (χ4n) is 3.77. The number of ether oxygens (including phenoxy) is 1. The molecule has 0 radical (unpaired) electrons. The lowest BCUT2D eigenvalue weighted by molar-refractivity contribution is 0.0717. The second kappa shape index (κ2) is 8.58. The average Bonchev–Trinajstić information content (AvgIpc) is 3.44. The van der Waals surface area contributed by atoms with Crippen molar-refractivity contribution in [1.29, 1.82) is 0 Å². The van der Waals surface area contributed by atoms with Crippen molar-refractivity contribution in [2.24, 2.45) is 0 Å². The molecule has 0 unspecified atom stereocenters. The van der Waals surface area contributed by atoms with Crippen LogP contribution in [0.1, 0.15) is 27.4 Å². The van der Waals surface area contributed by atoms with E-state index in [1.54, 1.807) is 16.7 Å². The third-order valence-electron chi connectivity index (χ3n) is 5.43. The maximum Gasteiger partial charge on any atom is 0.260 e. The molecule has 3 heterocycles. The molecule has 0 atom stereocenters. The number of methoxy groups -OCH3 is 1. The summed E-state index contributed by atoms with van der Waals surface area (Å²) in [6.45, 7) is 1.52. The summed E-state index contributed by atoms with van der Waals surface area (Å²) in [5.41, 5.74) is 3.77. The Labute approximate surface area is 192 Å². The van der Waals surface area contributed by atoms with E-state index in [9.17, 15) is 4.79 Å². The highest BCUT2D eigenvalue weighted by Gasteiger charge is 2.32. The van der Waals surface area contributed by atoms with Crippen LogP contribution in [0, 0.1) is 0 Å². The average molecular weight is 494 g/mol. The van der Waals surface area contributed by atoms with Crippen LogP contribution in [0.15, 0.2) is 63.7 Å². The van der Waals surface area contributed by atoms with Crippen LogP contribution in [0.4, 0.5) is 0 Å². The first-order chi connectivity index (χ1) is 15.6. The molecule has 1 amide bonds. The van der Waals surface area contributed by atoms with Crippen LogP contribution in [0.5, 0.6) is 5.75 Å². The van der Waals surface area contributed by atoms with Crippen molar-refractivity contribution >= 4 is 21.8 Å². The number of rotatable bonds is 6. The second-order valence-electron chi connectivity index (χ2n) is 7.57. The topological polar surface area (TPSA) is 86.3 Å². The number of halogens is 1. The maximum atomic E-state index is 13.3. The molecule has 0 bridgehead atoms. The van der Waals surface area contributed by atoms with Crippen LogP contribution >= 0.6 is 15.9 Å². The van der Waals surface area contributed by atoms with Crippen LogP contribution in [0.3, 0.4) is 0 Å². The van der Waals surface area contributed by atoms with Gasteiger partial charge in [0.25, 0.3) is 5.91 Å². The standard InChI is InChI=1S/C23H20BrN5O3/c1-31-19-8-2-15(3-9-19)12-29-14-18(25-27-29)13-28-11-10-20-21(23(28)30)22(26-32-20)16-4-6-17(24)7-5-16/h2-9,14H,10-13H2,1H3. The Bertz CT molecular complexity index is 1250. The smallest absolute Gasteiger partial charge is 0.260 e. The number of nitrogens with zero attached hydrogens (tertiary/aromatic N) is 5. The highest BCUT2D eigenvalue weighted by molar-refractivity contribution is 9.10. The molecule has 4 aromatic rings. The molecule has 2 aromatic carbocycles. The number of carbonyl (C=O) groups is 1. The van der Waals surface area contributed by atoms with E-state index in [-0.39, 0.29) is 5.91 Å². The lowest BCUT2D eigenvalue weighted by Crippen LogP contribution is -2.36.